The number of benzene rings is 1. The molecule has 116 valence electrons. The summed E-state index contributed by atoms with van der Waals surface area (Å²) in [5.41, 5.74) is 1.90. The number of ether oxygens (including phenoxy) is 2. The van der Waals surface area contributed by atoms with Gasteiger partial charge in [-0.2, -0.15) is 0 Å². The number of amides is 2. The highest BCUT2D eigenvalue weighted by atomic mass is 16.5. The molecule has 0 N–H and O–H groups in total. The highest BCUT2D eigenvalue weighted by molar-refractivity contribution is 6.13. The summed E-state index contributed by atoms with van der Waals surface area (Å²) in [6.45, 7) is 4.96. The zero-order valence-electron chi connectivity index (χ0n) is 12.7. The molecule has 1 aliphatic heterocycles. The lowest BCUT2D eigenvalue weighted by Crippen LogP contribution is -2.33. The van der Waals surface area contributed by atoms with Gasteiger partial charge >= 0.3 is 0 Å². The predicted molar refractivity (Wildman–Crippen MR) is 80.3 cm³/mol. The molecule has 1 heterocycles. The molecule has 0 aromatic heterocycles. The van der Waals surface area contributed by atoms with Gasteiger partial charge in [0.05, 0.1) is 18.8 Å². The number of hydrogen-bond acceptors (Lipinski definition) is 4. The van der Waals surface area contributed by atoms with Gasteiger partial charge in [-0.1, -0.05) is 12.1 Å². The van der Waals surface area contributed by atoms with E-state index in [1.807, 2.05) is 32.0 Å². The second-order valence-electron chi connectivity index (χ2n) is 5.27. The predicted octanol–water partition coefficient (Wildman–Crippen LogP) is 2.53. The van der Waals surface area contributed by atoms with E-state index in [0.717, 1.165) is 16.9 Å². The topological polar surface area (TPSA) is 55.8 Å². The van der Waals surface area contributed by atoms with Crippen molar-refractivity contribution in [3.63, 3.8) is 0 Å². The van der Waals surface area contributed by atoms with Gasteiger partial charge in [-0.25, -0.2) is 0 Å². The molecule has 5 nitrogen and oxygen atoms in total. The van der Waals surface area contributed by atoms with Crippen LogP contribution in [0.5, 0.6) is 5.75 Å². The number of nitrogens with zero attached hydrogens (tertiary/aromatic N) is 1. The number of fused-ring (bicyclic) bond motifs is 1. The second kappa shape index (κ2) is 5.93. The molecule has 1 aromatic rings. The first-order chi connectivity index (χ1) is 10.7. The van der Waals surface area contributed by atoms with Gasteiger partial charge in [-0.15, -0.1) is 0 Å². The van der Waals surface area contributed by atoms with Crippen molar-refractivity contribution in [2.24, 2.45) is 0 Å². The maximum atomic E-state index is 12.1. The Hall–Kier alpha value is -2.14. The van der Waals surface area contributed by atoms with Gasteiger partial charge in [0.1, 0.15) is 5.75 Å². The molecule has 0 saturated carbocycles. The van der Waals surface area contributed by atoms with Gasteiger partial charge in [0, 0.05) is 30.7 Å². The van der Waals surface area contributed by atoms with E-state index in [2.05, 4.69) is 0 Å². The zero-order chi connectivity index (χ0) is 15.7. The van der Waals surface area contributed by atoms with Crippen LogP contribution >= 0.6 is 0 Å². The van der Waals surface area contributed by atoms with E-state index in [-0.39, 0.29) is 24.0 Å². The molecule has 0 spiro atoms. The van der Waals surface area contributed by atoms with Crippen LogP contribution in [0.3, 0.4) is 0 Å². The normalized spacial score (nSPS) is 23.3. The third-order valence-electron chi connectivity index (χ3n) is 4.04. The van der Waals surface area contributed by atoms with Gasteiger partial charge in [0.2, 0.25) is 0 Å². The van der Waals surface area contributed by atoms with Crippen LogP contribution in [0.25, 0.3) is 0 Å². The van der Waals surface area contributed by atoms with Gasteiger partial charge in [-0.05, 0) is 25.5 Å². The van der Waals surface area contributed by atoms with Crippen molar-refractivity contribution in [2.45, 2.75) is 32.4 Å². The van der Waals surface area contributed by atoms with Crippen molar-refractivity contribution in [3.8, 4) is 5.75 Å². The Morgan fingerprint density at radius 2 is 1.86 bits per heavy atom. The largest absolute Gasteiger partial charge is 0.494 e. The highest BCUT2D eigenvalue weighted by Gasteiger charge is 2.42. The van der Waals surface area contributed by atoms with Crippen LogP contribution < -0.4 is 4.74 Å². The number of hydrogen-bond donors (Lipinski definition) is 0. The molecule has 2 aliphatic rings. The fourth-order valence-corrected chi connectivity index (χ4v) is 3.24. The first kappa shape index (κ1) is 14.8. The lowest BCUT2D eigenvalue weighted by molar-refractivity contribution is -0.140. The molecule has 2 atom stereocenters. The molecule has 2 amide bonds. The average molecular weight is 301 g/mol. The van der Waals surface area contributed by atoms with Crippen LogP contribution in [0, 0.1) is 0 Å². The number of carbonyl (C=O) groups excluding carboxylic acids is 2. The molecule has 0 saturated heterocycles. The summed E-state index contributed by atoms with van der Waals surface area (Å²) >= 11 is 0. The molecular weight excluding hydrogens is 282 g/mol. The number of carbonyl (C=O) groups is 2. The minimum Gasteiger partial charge on any atom is -0.494 e. The zero-order valence-corrected chi connectivity index (χ0v) is 12.7. The maximum absolute atomic E-state index is 12.1. The summed E-state index contributed by atoms with van der Waals surface area (Å²) in [6, 6.07) is 5.45. The fraction of sp³-hybridized carbons (Fsp3) is 0.412. The Labute approximate surface area is 129 Å². The molecule has 0 unspecified atom stereocenters. The van der Waals surface area contributed by atoms with Gasteiger partial charge in [0.15, 0.2) is 0 Å². The van der Waals surface area contributed by atoms with E-state index in [1.165, 1.54) is 17.1 Å². The van der Waals surface area contributed by atoms with Crippen LogP contribution in [-0.2, 0) is 14.3 Å². The lowest BCUT2D eigenvalue weighted by atomic mass is 10.1. The molecule has 3 rings (SSSR count). The Balaban J connectivity index is 2.04. The molecule has 0 radical (unpaired) electrons. The molecule has 0 bridgehead atoms. The number of rotatable bonds is 5. The standard InChI is InChI=1S/C17H19NO4/c1-3-21-13-7-5-6-11-14(22-4-2)10-12(17(11)13)18-15(19)8-9-16(18)20/h5-9,12,14H,3-4,10H2,1-2H3/t12-,14-/m0/s1. The van der Waals surface area contributed by atoms with E-state index in [4.69, 9.17) is 9.47 Å². The molecule has 0 fully saturated rings. The fourth-order valence-electron chi connectivity index (χ4n) is 3.24. The van der Waals surface area contributed by atoms with Crippen molar-refractivity contribution < 1.29 is 19.1 Å². The molecule has 1 aliphatic carbocycles. The first-order valence-electron chi connectivity index (χ1n) is 7.59. The molecule has 1 aromatic carbocycles. The quantitative estimate of drug-likeness (QED) is 0.784. The second-order valence-corrected chi connectivity index (χ2v) is 5.27. The Kier molecular flexibility index (Phi) is 3.98. The average Bonchev–Trinajstić information content (AvgIpc) is 3.02. The first-order valence-corrected chi connectivity index (χ1v) is 7.59. The summed E-state index contributed by atoms with van der Waals surface area (Å²) in [7, 11) is 0. The summed E-state index contributed by atoms with van der Waals surface area (Å²) in [6.07, 6.45) is 3.09. The summed E-state index contributed by atoms with van der Waals surface area (Å²) < 4.78 is 11.5. The van der Waals surface area contributed by atoms with Gasteiger partial charge in [0.25, 0.3) is 11.8 Å². The summed E-state index contributed by atoms with van der Waals surface area (Å²) in [5, 5.41) is 0. The van der Waals surface area contributed by atoms with Crippen LogP contribution in [-0.4, -0.2) is 29.9 Å². The Morgan fingerprint density at radius 3 is 2.50 bits per heavy atom. The lowest BCUT2D eigenvalue weighted by Gasteiger charge is -2.24. The summed E-state index contributed by atoms with van der Waals surface area (Å²) in [5.74, 6) is 0.175. The maximum Gasteiger partial charge on any atom is 0.254 e. The minimum atomic E-state index is -0.329. The van der Waals surface area contributed by atoms with Crippen LogP contribution in [0.2, 0.25) is 0 Å². The van der Waals surface area contributed by atoms with Crippen LogP contribution in [0.4, 0.5) is 0 Å². The van der Waals surface area contributed by atoms with Crippen LogP contribution in [0.1, 0.15) is 43.5 Å². The third-order valence-corrected chi connectivity index (χ3v) is 4.04. The number of imide groups is 1. The van der Waals surface area contributed by atoms with E-state index < -0.39 is 0 Å². The molecule has 5 heteroatoms. The molecular formula is C17H19NO4. The third kappa shape index (κ3) is 2.31. The van der Waals surface area contributed by atoms with E-state index in [1.54, 1.807) is 0 Å². The summed E-state index contributed by atoms with van der Waals surface area (Å²) in [4.78, 5) is 25.4. The smallest absolute Gasteiger partial charge is 0.254 e. The van der Waals surface area contributed by atoms with Crippen molar-refractivity contribution in [1.82, 2.24) is 4.90 Å². The van der Waals surface area contributed by atoms with Crippen molar-refractivity contribution in [3.05, 3.63) is 41.5 Å². The van der Waals surface area contributed by atoms with E-state index in [0.29, 0.717) is 19.6 Å². The SMILES string of the molecule is CCOc1cccc2c1[C@@H](N1C(=O)C=CC1=O)C[C@@H]2OCC. The van der Waals surface area contributed by atoms with Gasteiger partial charge < -0.3 is 9.47 Å². The minimum absolute atomic E-state index is 0.119. The Morgan fingerprint density at radius 1 is 1.14 bits per heavy atom. The van der Waals surface area contributed by atoms with E-state index >= 15 is 0 Å². The van der Waals surface area contributed by atoms with E-state index in [9.17, 15) is 9.59 Å². The van der Waals surface area contributed by atoms with Crippen molar-refractivity contribution >= 4 is 11.8 Å². The van der Waals surface area contributed by atoms with Crippen molar-refractivity contribution in [2.75, 3.05) is 13.2 Å². The highest BCUT2D eigenvalue weighted by Crippen LogP contribution is 2.48. The molecule has 22 heavy (non-hydrogen) atoms. The monoisotopic (exact) mass is 301 g/mol. The van der Waals surface area contributed by atoms with Crippen LogP contribution in [0.15, 0.2) is 30.4 Å². The van der Waals surface area contributed by atoms with Crippen molar-refractivity contribution in [1.29, 1.82) is 0 Å². The van der Waals surface area contributed by atoms with Gasteiger partial charge in [-0.3, -0.25) is 14.5 Å². The Bertz CT molecular complexity index is 620.